The lowest BCUT2D eigenvalue weighted by Crippen LogP contribution is -2.45. The van der Waals surface area contributed by atoms with E-state index in [9.17, 15) is 4.79 Å². The van der Waals surface area contributed by atoms with Crippen molar-refractivity contribution in [2.24, 2.45) is 5.92 Å². The lowest BCUT2D eigenvalue weighted by Gasteiger charge is -2.31. The highest BCUT2D eigenvalue weighted by atomic mass is 16.2. The van der Waals surface area contributed by atoms with Gasteiger partial charge in [-0.3, -0.25) is 9.67 Å². The van der Waals surface area contributed by atoms with E-state index < -0.39 is 0 Å². The molecule has 1 saturated heterocycles. The zero-order chi connectivity index (χ0) is 17.5. The summed E-state index contributed by atoms with van der Waals surface area (Å²) in [7, 11) is 0. The number of unbranched alkanes of at least 4 members (excludes halogenated alkanes) is 1. The third-order valence-corrected chi connectivity index (χ3v) is 4.62. The predicted molar refractivity (Wildman–Crippen MR) is 95.9 cm³/mol. The first kappa shape index (κ1) is 17.4. The summed E-state index contributed by atoms with van der Waals surface area (Å²) in [5, 5.41) is 11.4. The van der Waals surface area contributed by atoms with Gasteiger partial charge in [0.15, 0.2) is 0 Å². The molecule has 0 spiro atoms. The van der Waals surface area contributed by atoms with Crippen LogP contribution in [-0.4, -0.2) is 50.5 Å². The monoisotopic (exact) mass is 342 g/mol. The van der Waals surface area contributed by atoms with E-state index in [1.807, 2.05) is 34.0 Å². The Kier molecular flexibility index (Phi) is 5.98. The molecule has 0 bridgehead atoms. The smallest absolute Gasteiger partial charge is 0.317 e. The maximum Gasteiger partial charge on any atom is 0.317 e. The number of piperidine rings is 1. The molecule has 7 heteroatoms. The normalized spacial score (nSPS) is 15.3. The number of amides is 2. The van der Waals surface area contributed by atoms with Crippen molar-refractivity contribution in [2.75, 3.05) is 19.6 Å². The van der Waals surface area contributed by atoms with Crippen molar-refractivity contribution in [3.63, 3.8) is 0 Å². The van der Waals surface area contributed by atoms with E-state index in [0.717, 1.165) is 63.3 Å². The molecule has 1 N–H and O–H groups in total. The molecule has 3 heterocycles. The van der Waals surface area contributed by atoms with E-state index in [0.29, 0.717) is 5.92 Å². The number of urea groups is 1. The molecule has 2 aromatic heterocycles. The highest BCUT2D eigenvalue weighted by Crippen LogP contribution is 2.20. The maximum absolute atomic E-state index is 12.1. The SMILES string of the molecule is CCCCNC(=O)N1CCC(Cn2cc(-c3ccccn3)nn2)CC1. The average molecular weight is 342 g/mol. The fourth-order valence-corrected chi connectivity index (χ4v) is 3.09. The molecular formula is C18H26N6O. The largest absolute Gasteiger partial charge is 0.338 e. The lowest BCUT2D eigenvalue weighted by atomic mass is 9.97. The van der Waals surface area contributed by atoms with E-state index in [4.69, 9.17) is 0 Å². The van der Waals surface area contributed by atoms with Gasteiger partial charge in [0.1, 0.15) is 5.69 Å². The summed E-state index contributed by atoms with van der Waals surface area (Å²) >= 11 is 0. The molecule has 25 heavy (non-hydrogen) atoms. The number of hydrogen-bond acceptors (Lipinski definition) is 4. The number of nitrogens with zero attached hydrogens (tertiary/aromatic N) is 5. The second-order valence-corrected chi connectivity index (χ2v) is 6.56. The van der Waals surface area contributed by atoms with Crippen LogP contribution in [-0.2, 0) is 6.54 Å². The molecule has 2 aromatic rings. The molecule has 1 aliphatic rings. The topological polar surface area (TPSA) is 75.9 Å². The van der Waals surface area contributed by atoms with Crippen molar-refractivity contribution in [3.8, 4) is 11.4 Å². The summed E-state index contributed by atoms with van der Waals surface area (Å²) in [6, 6.07) is 5.84. The highest BCUT2D eigenvalue weighted by molar-refractivity contribution is 5.74. The summed E-state index contributed by atoms with van der Waals surface area (Å²) in [5.74, 6) is 0.526. The van der Waals surface area contributed by atoms with Crippen molar-refractivity contribution >= 4 is 6.03 Å². The van der Waals surface area contributed by atoms with E-state index in [-0.39, 0.29) is 6.03 Å². The fourth-order valence-electron chi connectivity index (χ4n) is 3.09. The summed E-state index contributed by atoms with van der Waals surface area (Å²) in [5.41, 5.74) is 1.64. The summed E-state index contributed by atoms with van der Waals surface area (Å²) in [6.45, 7) is 5.35. The van der Waals surface area contributed by atoms with Crippen LogP contribution in [0.5, 0.6) is 0 Å². The maximum atomic E-state index is 12.1. The number of aromatic nitrogens is 4. The Hall–Kier alpha value is -2.44. The Balaban J connectivity index is 1.46. The fraction of sp³-hybridized carbons (Fsp3) is 0.556. The van der Waals surface area contributed by atoms with Crippen LogP contribution in [0.2, 0.25) is 0 Å². The second-order valence-electron chi connectivity index (χ2n) is 6.56. The first-order valence-corrected chi connectivity index (χ1v) is 9.10. The number of pyridine rings is 1. The van der Waals surface area contributed by atoms with E-state index in [1.165, 1.54) is 0 Å². The Bertz CT molecular complexity index is 663. The van der Waals surface area contributed by atoms with Gasteiger partial charge in [-0.1, -0.05) is 24.6 Å². The molecule has 0 saturated carbocycles. The predicted octanol–water partition coefficient (Wildman–Crippen LogP) is 2.56. The van der Waals surface area contributed by atoms with Gasteiger partial charge in [-0.2, -0.15) is 0 Å². The number of carbonyl (C=O) groups is 1. The quantitative estimate of drug-likeness (QED) is 0.819. The van der Waals surface area contributed by atoms with Crippen molar-refractivity contribution in [3.05, 3.63) is 30.6 Å². The minimum atomic E-state index is 0.0742. The second kappa shape index (κ2) is 8.60. The number of rotatable bonds is 6. The Labute approximate surface area is 148 Å². The number of carbonyl (C=O) groups excluding carboxylic acids is 1. The third-order valence-electron chi connectivity index (χ3n) is 4.62. The minimum absolute atomic E-state index is 0.0742. The van der Waals surface area contributed by atoms with Gasteiger partial charge in [-0.05, 0) is 37.3 Å². The van der Waals surface area contributed by atoms with Crippen LogP contribution in [0.4, 0.5) is 4.79 Å². The van der Waals surface area contributed by atoms with Crippen molar-refractivity contribution < 1.29 is 4.79 Å². The van der Waals surface area contributed by atoms with Crippen LogP contribution >= 0.6 is 0 Å². The molecule has 7 nitrogen and oxygen atoms in total. The first-order chi connectivity index (χ1) is 12.3. The lowest BCUT2D eigenvalue weighted by molar-refractivity contribution is 0.164. The Morgan fingerprint density at radius 2 is 2.12 bits per heavy atom. The van der Waals surface area contributed by atoms with Crippen LogP contribution in [0.15, 0.2) is 30.6 Å². The molecule has 0 unspecified atom stereocenters. The summed E-state index contributed by atoms with van der Waals surface area (Å²) in [4.78, 5) is 18.3. The molecule has 0 radical (unpaired) electrons. The van der Waals surface area contributed by atoms with Crippen LogP contribution < -0.4 is 5.32 Å². The molecular weight excluding hydrogens is 316 g/mol. The van der Waals surface area contributed by atoms with Crippen molar-refractivity contribution in [1.29, 1.82) is 0 Å². The van der Waals surface area contributed by atoms with E-state index in [1.54, 1.807) is 6.20 Å². The number of nitrogens with one attached hydrogen (secondary N) is 1. The average Bonchev–Trinajstić information content (AvgIpc) is 3.12. The molecule has 0 atom stereocenters. The molecule has 1 fully saturated rings. The number of hydrogen-bond donors (Lipinski definition) is 1. The van der Waals surface area contributed by atoms with Crippen LogP contribution in [0.3, 0.4) is 0 Å². The van der Waals surface area contributed by atoms with Crippen molar-refractivity contribution in [2.45, 2.75) is 39.2 Å². The van der Waals surface area contributed by atoms with Gasteiger partial charge >= 0.3 is 6.03 Å². The summed E-state index contributed by atoms with van der Waals surface area (Å²) < 4.78 is 1.89. The minimum Gasteiger partial charge on any atom is -0.338 e. The summed E-state index contributed by atoms with van der Waals surface area (Å²) in [6.07, 6.45) is 7.84. The van der Waals surface area contributed by atoms with Crippen LogP contribution in [0.25, 0.3) is 11.4 Å². The molecule has 0 aliphatic carbocycles. The molecule has 2 amide bonds. The zero-order valence-corrected chi connectivity index (χ0v) is 14.8. The van der Waals surface area contributed by atoms with Crippen LogP contribution in [0, 0.1) is 5.92 Å². The zero-order valence-electron chi connectivity index (χ0n) is 14.8. The third kappa shape index (κ3) is 4.78. The van der Waals surface area contributed by atoms with Gasteiger partial charge in [-0.15, -0.1) is 5.10 Å². The van der Waals surface area contributed by atoms with Gasteiger partial charge < -0.3 is 10.2 Å². The van der Waals surface area contributed by atoms with Gasteiger partial charge in [0, 0.05) is 32.4 Å². The van der Waals surface area contributed by atoms with Crippen LogP contribution in [0.1, 0.15) is 32.6 Å². The van der Waals surface area contributed by atoms with Gasteiger partial charge in [-0.25, -0.2) is 4.79 Å². The standard InChI is InChI=1S/C18H26N6O/c1-2-3-9-20-18(25)23-11-7-15(8-12-23)13-24-14-17(21-22-24)16-6-4-5-10-19-16/h4-6,10,14-15H,2-3,7-9,11-13H2,1H3,(H,20,25). The number of likely N-dealkylation sites (tertiary alicyclic amines) is 1. The van der Waals surface area contributed by atoms with E-state index in [2.05, 4.69) is 27.5 Å². The highest BCUT2D eigenvalue weighted by Gasteiger charge is 2.23. The Morgan fingerprint density at radius 3 is 2.84 bits per heavy atom. The molecule has 0 aromatic carbocycles. The molecule has 1 aliphatic heterocycles. The van der Waals surface area contributed by atoms with Crippen molar-refractivity contribution in [1.82, 2.24) is 30.2 Å². The Morgan fingerprint density at radius 1 is 1.28 bits per heavy atom. The van der Waals surface area contributed by atoms with Gasteiger partial charge in [0.05, 0.1) is 11.9 Å². The van der Waals surface area contributed by atoms with E-state index >= 15 is 0 Å². The molecule has 3 rings (SSSR count). The van der Waals surface area contributed by atoms with Gasteiger partial charge in [0.25, 0.3) is 0 Å². The van der Waals surface area contributed by atoms with Gasteiger partial charge in [0.2, 0.25) is 0 Å². The first-order valence-electron chi connectivity index (χ1n) is 9.10. The molecule has 134 valence electrons.